The standard InChI is InChI=1S/C9H14N2/c10-7-11-5-8-2-1-3-9(4-8)6-11/h8-9H,1-6H2. The Morgan fingerprint density at radius 2 is 1.82 bits per heavy atom. The molecule has 2 nitrogen and oxygen atoms in total. The highest BCUT2D eigenvalue weighted by Crippen LogP contribution is 2.33. The maximum atomic E-state index is 8.72. The van der Waals surface area contributed by atoms with Gasteiger partial charge in [-0.25, -0.2) is 0 Å². The predicted octanol–water partition coefficient (Wildman–Crippen LogP) is 1.59. The van der Waals surface area contributed by atoms with Crippen molar-refractivity contribution < 1.29 is 0 Å². The highest BCUT2D eigenvalue weighted by Gasteiger charge is 2.29. The Balaban J connectivity index is 2.01. The first-order chi connectivity index (χ1) is 5.38. The Morgan fingerprint density at radius 3 is 2.36 bits per heavy atom. The van der Waals surface area contributed by atoms with Crippen molar-refractivity contribution in [1.29, 1.82) is 5.26 Å². The second-order valence-electron chi connectivity index (χ2n) is 3.90. The molecule has 11 heavy (non-hydrogen) atoms. The molecule has 2 aliphatic rings. The number of piperidine rings is 1. The lowest BCUT2D eigenvalue weighted by Gasteiger charge is -2.38. The molecule has 60 valence electrons. The van der Waals surface area contributed by atoms with Gasteiger partial charge in [-0.05, 0) is 31.1 Å². The van der Waals surface area contributed by atoms with Gasteiger partial charge in [-0.1, -0.05) is 6.42 Å². The predicted molar refractivity (Wildman–Crippen MR) is 42.6 cm³/mol. The Morgan fingerprint density at radius 1 is 1.18 bits per heavy atom. The number of likely N-dealkylation sites (tertiary alicyclic amines) is 1. The summed E-state index contributed by atoms with van der Waals surface area (Å²) in [6.45, 7) is 2.07. The zero-order chi connectivity index (χ0) is 7.68. The Hall–Kier alpha value is -0.710. The van der Waals surface area contributed by atoms with E-state index in [9.17, 15) is 0 Å². The van der Waals surface area contributed by atoms with Crippen LogP contribution in [0.25, 0.3) is 0 Å². The summed E-state index contributed by atoms with van der Waals surface area (Å²) in [6, 6.07) is 0. The zero-order valence-electron chi connectivity index (χ0n) is 6.79. The molecule has 1 heterocycles. The number of nitriles is 1. The molecule has 0 amide bonds. The van der Waals surface area contributed by atoms with Crippen molar-refractivity contribution in [3.63, 3.8) is 0 Å². The van der Waals surface area contributed by atoms with Gasteiger partial charge in [0.1, 0.15) is 0 Å². The molecule has 2 bridgehead atoms. The molecular weight excluding hydrogens is 136 g/mol. The molecule has 1 saturated heterocycles. The Kier molecular flexibility index (Phi) is 1.73. The average Bonchev–Trinajstić information content (AvgIpc) is 2.03. The molecule has 2 heteroatoms. The first kappa shape index (κ1) is 6.97. The van der Waals surface area contributed by atoms with Gasteiger partial charge in [0, 0.05) is 13.1 Å². The van der Waals surface area contributed by atoms with Crippen molar-refractivity contribution in [2.24, 2.45) is 11.8 Å². The number of hydrogen-bond donors (Lipinski definition) is 0. The molecule has 2 unspecified atom stereocenters. The van der Waals surface area contributed by atoms with Gasteiger partial charge in [0.15, 0.2) is 6.19 Å². The van der Waals surface area contributed by atoms with Crippen molar-refractivity contribution in [3.05, 3.63) is 0 Å². The van der Waals surface area contributed by atoms with E-state index in [0.717, 1.165) is 24.9 Å². The lowest BCUT2D eigenvalue weighted by atomic mass is 9.78. The van der Waals surface area contributed by atoms with Gasteiger partial charge >= 0.3 is 0 Å². The van der Waals surface area contributed by atoms with E-state index < -0.39 is 0 Å². The molecule has 0 aromatic carbocycles. The fourth-order valence-corrected chi connectivity index (χ4v) is 2.51. The minimum atomic E-state index is 0.835. The number of nitrogens with zero attached hydrogens (tertiary/aromatic N) is 2. The first-order valence-electron chi connectivity index (χ1n) is 4.53. The highest BCUT2D eigenvalue weighted by atomic mass is 15.1. The van der Waals surface area contributed by atoms with Gasteiger partial charge < -0.3 is 4.90 Å². The smallest absolute Gasteiger partial charge is 0.179 e. The second-order valence-corrected chi connectivity index (χ2v) is 3.90. The van der Waals surface area contributed by atoms with Crippen LogP contribution in [0.5, 0.6) is 0 Å². The van der Waals surface area contributed by atoms with E-state index in [4.69, 9.17) is 5.26 Å². The van der Waals surface area contributed by atoms with Crippen LogP contribution in [-0.4, -0.2) is 18.0 Å². The van der Waals surface area contributed by atoms with Gasteiger partial charge in [0.25, 0.3) is 0 Å². The molecule has 1 aliphatic heterocycles. The van der Waals surface area contributed by atoms with E-state index in [1.165, 1.54) is 25.7 Å². The molecule has 2 atom stereocenters. The van der Waals surface area contributed by atoms with Crippen LogP contribution in [0, 0.1) is 23.3 Å². The van der Waals surface area contributed by atoms with Crippen LogP contribution < -0.4 is 0 Å². The molecule has 1 aliphatic carbocycles. The van der Waals surface area contributed by atoms with E-state index in [1.54, 1.807) is 0 Å². The molecule has 0 radical (unpaired) electrons. The number of fused-ring (bicyclic) bond motifs is 2. The van der Waals surface area contributed by atoms with Crippen LogP contribution in [-0.2, 0) is 0 Å². The highest BCUT2D eigenvalue weighted by molar-refractivity contribution is 4.88. The van der Waals surface area contributed by atoms with Crippen LogP contribution in [0.3, 0.4) is 0 Å². The fourth-order valence-electron chi connectivity index (χ4n) is 2.51. The average molecular weight is 150 g/mol. The van der Waals surface area contributed by atoms with E-state index in [-0.39, 0.29) is 0 Å². The lowest BCUT2D eigenvalue weighted by molar-refractivity contribution is 0.128. The fraction of sp³-hybridized carbons (Fsp3) is 0.889. The van der Waals surface area contributed by atoms with Crippen molar-refractivity contribution in [1.82, 2.24) is 4.90 Å². The SMILES string of the molecule is N#CN1CC2CCCC(C2)C1. The van der Waals surface area contributed by atoms with E-state index in [0.29, 0.717) is 0 Å². The van der Waals surface area contributed by atoms with Crippen LogP contribution in [0.15, 0.2) is 0 Å². The zero-order valence-corrected chi connectivity index (χ0v) is 6.79. The van der Waals surface area contributed by atoms with Crippen molar-refractivity contribution >= 4 is 0 Å². The molecule has 0 N–H and O–H groups in total. The number of rotatable bonds is 0. The molecule has 2 rings (SSSR count). The van der Waals surface area contributed by atoms with Crippen LogP contribution in [0.1, 0.15) is 25.7 Å². The van der Waals surface area contributed by atoms with Gasteiger partial charge in [0.05, 0.1) is 0 Å². The Labute approximate surface area is 67.8 Å². The largest absolute Gasteiger partial charge is 0.310 e. The van der Waals surface area contributed by atoms with E-state index in [2.05, 4.69) is 6.19 Å². The molecule has 0 aromatic heterocycles. The Bertz CT molecular complexity index is 170. The summed E-state index contributed by atoms with van der Waals surface area (Å²) in [5.41, 5.74) is 0. The van der Waals surface area contributed by atoms with Gasteiger partial charge in [-0.2, -0.15) is 5.26 Å². The first-order valence-corrected chi connectivity index (χ1v) is 4.53. The van der Waals surface area contributed by atoms with Crippen molar-refractivity contribution in [2.75, 3.05) is 13.1 Å². The summed E-state index contributed by atoms with van der Waals surface area (Å²) in [4.78, 5) is 1.94. The van der Waals surface area contributed by atoms with E-state index >= 15 is 0 Å². The normalized spacial score (nSPS) is 36.5. The van der Waals surface area contributed by atoms with Crippen LogP contribution in [0.2, 0.25) is 0 Å². The van der Waals surface area contributed by atoms with Gasteiger partial charge in [-0.3, -0.25) is 0 Å². The molecule has 0 aromatic rings. The summed E-state index contributed by atoms with van der Waals surface area (Å²) in [6.07, 6.45) is 7.76. The second kappa shape index (κ2) is 2.73. The maximum Gasteiger partial charge on any atom is 0.179 e. The molecule has 2 fully saturated rings. The minimum absolute atomic E-state index is 0.835. The maximum absolute atomic E-state index is 8.72. The van der Waals surface area contributed by atoms with Crippen molar-refractivity contribution in [3.8, 4) is 6.19 Å². The quantitative estimate of drug-likeness (QED) is 0.490. The third-order valence-electron chi connectivity index (χ3n) is 2.99. The van der Waals surface area contributed by atoms with Gasteiger partial charge in [0.2, 0.25) is 0 Å². The molecule has 1 saturated carbocycles. The summed E-state index contributed by atoms with van der Waals surface area (Å²) in [7, 11) is 0. The summed E-state index contributed by atoms with van der Waals surface area (Å²) in [5, 5.41) is 8.72. The van der Waals surface area contributed by atoms with E-state index in [1.807, 2.05) is 4.90 Å². The third-order valence-corrected chi connectivity index (χ3v) is 2.99. The summed E-state index contributed by atoms with van der Waals surface area (Å²) >= 11 is 0. The monoisotopic (exact) mass is 150 g/mol. The van der Waals surface area contributed by atoms with Crippen LogP contribution >= 0.6 is 0 Å². The minimum Gasteiger partial charge on any atom is -0.310 e. The van der Waals surface area contributed by atoms with Crippen LogP contribution in [0.4, 0.5) is 0 Å². The lowest BCUT2D eigenvalue weighted by Crippen LogP contribution is -2.39. The molecule has 0 spiro atoms. The summed E-state index contributed by atoms with van der Waals surface area (Å²) < 4.78 is 0. The van der Waals surface area contributed by atoms with Gasteiger partial charge in [-0.15, -0.1) is 0 Å². The number of hydrogen-bond acceptors (Lipinski definition) is 2. The molecular formula is C9H14N2. The van der Waals surface area contributed by atoms with Crippen molar-refractivity contribution in [2.45, 2.75) is 25.7 Å². The summed E-state index contributed by atoms with van der Waals surface area (Å²) in [5.74, 6) is 1.67. The topological polar surface area (TPSA) is 27.0 Å². The third kappa shape index (κ3) is 1.33.